The van der Waals surface area contributed by atoms with Crippen LogP contribution >= 0.6 is 0 Å². The van der Waals surface area contributed by atoms with Gasteiger partial charge in [0.1, 0.15) is 10.6 Å². The second kappa shape index (κ2) is 8.85. The van der Waals surface area contributed by atoms with Crippen LogP contribution in [0.1, 0.15) is 47.4 Å². The Balaban J connectivity index is 1.88. The van der Waals surface area contributed by atoms with Crippen LogP contribution in [0.5, 0.6) is 5.75 Å². The van der Waals surface area contributed by atoms with Crippen LogP contribution in [0.4, 0.5) is 5.69 Å². The molecule has 9 heteroatoms. The Morgan fingerprint density at radius 3 is 2.40 bits per heavy atom. The Labute approximate surface area is 176 Å². The molecule has 8 nitrogen and oxygen atoms in total. The number of anilines is 1. The molecular formula is C21H25N3O5S. The fourth-order valence-corrected chi connectivity index (χ4v) is 4.32. The minimum absolute atomic E-state index is 0.123. The van der Waals surface area contributed by atoms with Gasteiger partial charge in [0.2, 0.25) is 10.0 Å². The van der Waals surface area contributed by atoms with Crippen LogP contribution in [0.2, 0.25) is 0 Å². The first-order chi connectivity index (χ1) is 14.2. The number of ether oxygens (including phenoxy) is 1. The third-order valence-corrected chi connectivity index (χ3v) is 6.12. The number of benzene rings is 2. The summed E-state index contributed by atoms with van der Waals surface area (Å²) in [7, 11) is -2.52. The predicted octanol–water partition coefficient (Wildman–Crippen LogP) is 2.53. The summed E-state index contributed by atoms with van der Waals surface area (Å²) in [5, 5.41) is 5.59. The average molecular weight is 432 g/mol. The maximum absolute atomic E-state index is 12.8. The molecule has 0 saturated heterocycles. The van der Waals surface area contributed by atoms with Crippen LogP contribution in [0.15, 0.2) is 47.4 Å². The summed E-state index contributed by atoms with van der Waals surface area (Å²) >= 11 is 0. The van der Waals surface area contributed by atoms with Crippen molar-refractivity contribution in [2.24, 2.45) is 0 Å². The Kier molecular flexibility index (Phi) is 6.42. The Morgan fingerprint density at radius 1 is 1.07 bits per heavy atom. The lowest BCUT2D eigenvalue weighted by atomic mass is 10.1. The number of sulfonamides is 1. The third-order valence-electron chi connectivity index (χ3n) is 4.44. The third kappa shape index (κ3) is 5.17. The van der Waals surface area contributed by atoms with Crippen molar-refractivity contribution in [2.75, 3.05) is 12.4 Å². The second-order valence-corrected chi connectivity index (χ2v) is 9.07. The van der Waals surface area contributed by atoms with Gasteiger partial charge in [-0.15, -0.1) is 0 Å². The molecule has 2 aromatic carbocycles. The highest BCUT2D eigenvalue weighted by Gasteiger charge is 2.26. The molecule has 2 amide bonds. The number of rotatable bonds is 8. The molecule has 2 aromatic rings. The summed E-state index contributed by atoms with van der Waals surface area (Å²) in [6.07, 6.45) is 1.90. The van der Waals surface area contributed by atoms with Gasteiger partial charge < -0.3 is 15.4 Å². The molecule has 0 radical (unpaired) electrons. The first-order valence-corrected chi connectivity index (χ1v) is 11.1. The van der Waals surface area contributed by atoms with Crippen molar-refractivity contribution in [2.45, 2.75) is 43.7 Å². The number of hydrogen-bond acceptors (Lipinski definition) is 5. The van der Waals surface area contributed by atoms with Crippen LogP contribution in [-0.4, -0.2) is 39.4 Å². The number of para-hydroxylation sites is 1. The summed E-state index contributed by atoms with van der Waals surface area (Å²) < 4.78 is 32.9. The van der Waals surface area contributed by atoms with Crippen molar-refractivity contribution < 1.29 is 22.7 Å². The van der Waals surface area contributed by atoms with Gasteiger partial charge in [-0.1, -0.05) is 12.1 Å². The van der Waals surface area contributed by atoms with Crippen LogP contribution < -0.4 is 20.1 Å². The highest BCUT2D eigenvalue weighted by Crippen LogP contribution is 2.26. The molecule has 0 unspecified atom stereocenters. The van der Waals surface area contributed by atoms with Crippen LogP contribution in [0.3, 0.4) is 0 Å². The molecule has 0 aromatic heterocycles. The summed E-state index contributed by atoms with van der Waals surface area (Å²) in [4.78, 5) is 25.1. The van der Waals surface area contributed by atoms with Gasteiger partial charge in [0, 0.05) is 17.6 Å². The summed E-state index contributed by atoms with van der Waals surface area (Å²) in [6, 6.07) is 10.7. The van der Waals surface area contributed by atoms with E-state index in [4.69, 9.17) is 4.74 Å². The molecule has 0 spiro atoms. The van der Waals surface area contributed by atoms with Gasteiger partial charge in [0.05, 0.1) is 18.4 Å². The molecule has 1 fully saturated rings. The monoisotopic (exact) mass is 431 g/mol. The lowest BCUT2D eigenvalue weighted by Gasteiger charge is -2.15. The zero-order valence-corrected chi connectivity index (χ0v) is 17.9. The van der Waals surface area contributed by atoms with Crippen molar-refractivity contribution in [1.82, 2.24) is 10.0 Å². The zero-order valence-electron chi connectivity index (χ0n) is 17.1. The Morgan fingerprint density at radius 2 is 1.77 bits per heavy atom. The predicted molar refractivity (Wildman–Crippen MR) is 113 cm³/mol. The van der Waals surface area contributed by atoms with E-state index in [0.717, 1.165) is 12.8 Å². The first-order valence-electron chi connectivity index (χ1n) is 9.63. The van der Waals surface area contributed by atoms with Gasteiger partial charge in [0.15, 0.2) is 0 Å². The molecule has 0 aliphatic heterocycles. The molecule has 1 aliphatic rings. The molecular weight excluding hydrogens is 406 g/mol. The lowest BCUT2D eigenvalue weighted by Crippen LogP contribution is -2.30. The normalized spacial score (nSPS) is 13.7. The van der Waals surface area contributed by atoms with E-state index in [1.54, 1.807) is 38.1 Å². The molecule has 3 N–H and O–H groups in total. The van der Waals surface area contributed by atoms with Crippen molar-refractivity contribution in [1.29, 1.82) is 0 Å². The number of hydrogen-bond donors (Lipinski definition) is 3. The number of nitrogens with one attached hydrogen (secondary N) is 3. The minimum atomic E-state index is -3.88. The minimum Gasteiger partial charge on any atom is -0.495 e. The van der Waals surface area contributed by atoms with Crippen LogP contribution in [-0.2, 0) is 10.0 Å². The molecule has 3 rings (SSSR count). The lowest BCUT2D eigenvalue weighted by molar-refractivity contribution is 0.0952. The molecule has 0 atom stereocenters. The van der Waals surface area contributed by atoms with E-state index in [1.165, 1.54) is 25.3 Å². The number of amides is 2. The SMILES string of the molecule is COc1ccc(C(=O)Nc2ccccc2C(=O)NC2CC2)cc1S(=O)(=O)NC(C)C. The van der Waals surface area contributed by atoms with Gasteiger partial charge in [-0.2, -0.15) is 0 Å². The number of carbonyl (C=O) groups excluding carboxylic acids is 2. The van der Waals surface area contributed by atoms with Crippen LogP contribution in [0.25, 0.3) is 0 Å². The molecule has 1 aliphatic carbocycles. The maximum atomic E-state index is 12.8. The molecule has 0 heterocycles. The fraction of sp³-hybridized carbons (Fsp3) is 0.333. The highest BCUT2D eigenvalue weighted by atomic mass is 32.2. The summed E-state index contributed by atoms with van der Waals surface area (Å²) in [5.74, 6) is -0.665. The topological polar surface area (TPSA) is 114 Å². The van der Waals surface area contributed by atoms with Gasteiger partial charge in [0.25, 0.3) is 11.8 Å². The van der Waals surface area contributed by atoms with Crippen molar-refractivity contribution in [3.8, 4) is 5.75 Å². The van der Waals surface area contributed by atoms with E-state index in [2.05, 4.69) is 15.4 Å². The smallest absolute Gasteiger partial charge is 0.255 e. The van der Waals surface area contributed by atoms with Crippen molar-refractivity contribution >= 4 is 27.5 Å². The first kappa shape index (κ1) is 21.8. The second-order valence-electron chi connectivity index (χ2n) is 7.39. The van der Waals surface area contributed by atoms with Crippen molar-refractivity contribution in [3.63, 3.8) is 0 Å². The average Bonchev–Trinajstić information content (AvgIpc) is 3.50. The van der Waals surface area contributed by atoms with E-state index >= 15 is 0 Å². The summed E-state index contributed by atoms with van der Waals surface area (Å²) in [5.41, 5.74) is 0.819. The zero-order chi connectivity index (χ0) is 21.9. The Bertz CT molecular complexity index is 1060. The van der Waals surface area contributed by atoms with Gasteiger partial charge in [-0.05, 0) is 57.0 Å². The fourth-order valence-electron chi connectivity index (χ4n) is 2.88. The maximum Gasteiger partial charge on any atom is 0.255 e. The molecule has 0 bridgehead atoms. The molecule has 160 valence electrons. The molecule has 30 heavy (non-hydrogen) atoms. The van der Waals surface area contributed by atoms with Crippen LogP contribution in [0, 0.1) is 0 Å². The highest BCUT2D eigenvalue weighted by molar-refractivity contribution is 7.89. The number of carbonyl (C=O) groups is 2. The van der Waals surface area contributed by atoms with Gasteiger partial charge in [-0.3, -0.25) is 9.59 Å². The standard InChI is InChI=1S/C21H25N3O5S/c1-13(2)24-30(27,28)19-12-14(8-11-18(19)29-3)20(25)23-17-7-5-4-6-16(17)21(26)22-15-9-10-15/h4-8,11-13,15,24H,9-10H2,1-3H3,(H,22,26)(H,23,25). The van der Waals surface area contributed by atoms with Gasteiger partial charge >= 0.3 is 0 Å². The van der Waals surface area contributed by atoms with E-state index in [-0.39, 0.29) is 34.2 Å². The van der Waals surface area contributed by atoms with E-state index in [9.17, 15) is 18.0 Å². The van der Waals surface area contributed by atoms with Gasteiger partial charge in [-0.25, -0.2) is 13.1 Å². The Hall–Kier alpha value is -2.91. The van der Waals surface area contributed by atoms with E-state index in [0.29, 0.717) is 11.3 Å². The van der Waals surface area contributed by atoms with Crippen molar-refractivity contribution in [3.05, 3.63) is 53.6 Å². The number of methoxy groups -OCH3 is 1. The quantitative estimate of drug-likeness (QED) is 0.594. The summed E-state index contributed by atoms with van der Waals surface area (Å²) in [6.45, 7) is 3.40. The molecule has 1 saturated carbocycles. The van der Waals surface area contributed by atoms with E-state index in [1.807, 2.05) is 0 Å². The largest absolute Gasteiger partial charge is 0.495 e. The van der Waals surface area contributed by atoms with E-state index < -0.39 is 15.9 Å².